The molecule has 0 spiro atoms. The van der Waals surface area contributed by atoms with Crippen LogP contribution in [0, 0.1) is 26.2 Å². The third-order valence-electron chi connectivity index (χ3n) is 9.39. The van der Waals surface area contributed by atoms with Gasteiger partial charge in [0.2, 0.25) is 0 Å². The van der Waals surface area contributed by atoms with Crippen molar-refractivity contribution in [2.24, 2.45) is 0 Å². The molecule has 4 aromatic heterocycles. The van der Waals surface area contributed by atoms with Gasteiger partial charge in [-0.2, -0.15) is 0 Å². The number of hydrogen-bond donors (Lipinski definition) is 2. The van der Waals surface area contributed by atoms with Crippen LogP contribution in [0.1, 0.15) is 52.7 Å². The van der Waals surface area contributed by atoms with Crippen molar-refractivity contribution in [3.63, 3.8) is 0 Å². The Morgan fingerprint density at radius 2 is 1.03 bits per heavy atom. The van der Waals surface area contributed by atoms with Crippen LogP contribution in [0.5, 0.6) is 0 Å². The van der Waals surface area contributed by atoms with Gasteiger partial charge in [-0.25, -0.2) is 17.6 Å². The van der Waals surface area contributed by atoms with Crippen molar-refractivity contribution in [2.75, 3.05) is 0 Å². The average molecular weight is 931 g/mol. The van der Waals surface area contributed by atoms with Crippen LogP contribution < -0.4 is 5.46 Å². The first-order chi connectivity index (χ1) is 27.4. The molecular formula is C46H40BF4IN2O2S2. The van der Waals surface area contributed by atoms with E-state index in [9.17, 15) is 17.6 Å². The number of fused-ring (bicyclic) bond motifs is 2. The summed E-state index contributed by atoms with van der Waals surface area (Å²) in [4.78, 5) is 9.84. The summed E-state index contributed by atoms with van der Waals surface area (Å²) in [6.07, 6.45) is 3.67. The Morgan fingerprint density at radius 3 is 1.52 bits per heavy atom. The molecule has 12 heteroatoms. The van der Waals surface area contributed by atoms with Crippen molar-refractivity contribution < 1.29 is 27.6 Å². The summed E-state index contributed by atoms with van der Waals surface area (Å²) < 4.78 is 56.3. The van der Waals surface area contributed by atoms with E-state index in [1.54, 1.807) is 12.3 Å². The second-order valence-corrected chi connectivity index (χ2v) is 19.6. The minimum absolute atomic E-state index is 0.0857. The van der Waals surface area contributed by atoms with Crippen molar-refractivity contribution in [3.8, 4) is 33.0 Å². The Kier molecular flexibility index (Phi) is 13.2. The molecule has 8 aromatic rings. The van der Waals surface area contributed by atoms with Gasteiger partial charge in [-0.1, -0.05) is 114 Å². The van der Waals surface area contributed by atoms with Crippen LogP contribution in [-0.2, 0) is 10.8 Å². The molecule has 4 nitrogen and oxygen atoms in total. The summed E-state index contributed by atoms with van der Waals surface area (Å²) in [5.74, 6) is -3.95. The number of aromatic nitrogens is 2. The molecule has 0 atom stereocenters. The van der Waals surface area contributed by atoms with Crippen molar-refractivity contribution in [2.45, 2.75) is 52.4 Å². The minimum atomic E-state index is -1.97. The van der Waals surface area contributed by atoms with Crippen LogP contribution in [-0.4, -0.2) is 27.1 Å². The molecule has 0 amide bonds. The van der Waals surface area contributed by atoms with Gasteiger partial charge in [-0.15, -0.1) is 22.7 Å². The molecular weight excluding hydrogens is 890 g/mol. The van der Waals surface area contributed by atoms with Gasteiger partial charge in [0.25, 0.3) is 0 Å². The lowest BCUT2D eigenvalue weighted by Gasteiger charge is -2.19. The van der Waals surface area contributed by atoms with E-state index in [4.69, 9.17) is 10.0 Å². The molecule has 0 saturated carbocycles. The number of hydrogen-bond acceptors (Lipinski definition) is 6. The fourth-order valence-electron chi connectivity index (χ4n) is 6.16. The summed E-state index contributed by atoms with van der Waals surface area (Å²) >= 11 is 5.63. The quantitative estimate of drug-likeness (QED) is 0.105. The van der Waals surface area contributed by atoms with E-state index in [0.717, 1.165) is 45.2 Å². The van der Waals surface area contributed by atoms with Gasteiger partial charge < -0.3 is 10.0 Å². The highest BCUT2D eigenvalue weighted by atomic mass is 127. The molecule has 0 radical (unpaired) electrons. The van der Waals surface area contributed by atoms with Gasteiger partial charge >= 0.3 is 7.12 Å². The molecule has 0 aliphatic rings. The van der Waals surface area contributed by atoms with Crippen molar-refractivity contribution in [1.82, 2.24) is 9.97 Å². The van der Waals surface area contributed by atoms with Crippen LogP contribution >= 0.6 is 45.3 Å². The Morgan fingerprint density at radius 1 is 0.569 bits per heavy atom. The van der Waals surface area contributed by atoms with E-state index in [-0.39, 0.29) is 16.4 Å². The van der Waals surface area contributed by atoms with E-state index in [2.05, 4.69) is 135 Å². The molecule has 2 N–H and O–H groups in total. The molecule has 0 bridgehead atoms. The SMILES string of the molecule is CC(C)(C)c1ccc(-c2nccc3sc(-c4cccc(F)c4F)cc23)cc1.CC(C)(C)c1ccc(-c2nccc3sc(I)cc23)cc1.OB(O)c1cccc(F)c1F. The molecule has 296 valence electrons. The molecule has 0 unspecified atom stereocenters. The number of halogens is 5. The lowest BCUT2D eigenvalue weighted by Crippen LogP contribution is -2.33. The third-order valence-corrected chi connectivity index (χ3v) is 12.4. The van der Waals surface area contributed by atoms with E-state index >= 15 is 0 Å². The highest BCUT2D eigenvalue weighted by molar-refractivity contribution is 14.1. The van der Waals surface area contributed by atoms with Gasteiger partial charge in [0.1, 0.15) is 0 Å². The Bertz CT molecular complexity index is 2690. The molecule has 58 heavy (non-hydrogen) atoms. The van der Waals surface area contributed by atoms with Gasteiger partial charge in [0.15, 0.2) is 23.3 Å². The molecule has 8 rings (SSSR count). The predicted molar refractivity (Wildman–Crippen MR) is 242 cm³/mol. The standard InChI is InChI=1S/C23H19F2NS.C17H16INS.C6H5BF2O2/c1-23(2,3)15-9-7-14(8-10-15)22-17-13-20(27-19(17)11-12-26-22)16-5-4-6-18(24)21(16)25;1-17(2,3)12-6-4-11(5-7-12)16-13-10-15(18)20-14(13)8-9-19-16;8-5-3-1-2-4(6(5)9)7(10)11/h4-13H,1-3H3;4-10H,1-3H3;1-3,10-11H. The lowest BCUT2D eigenvalue weighted by molar-refractivity contribution is 0.420. The van der Waals surface area contributed by atoms with Crippen molar-refractivity contribution in [1.29, 1.82) is 0 Å². The number of nitrogens with zero attached hydrogens (tertiary/aromatic N) is 2. The fourth-order valence-corrected chi connectivity index (χ4v) is 9.04. The zero-order valence-corrected chi connectivity index (χ0v) is 36.4. The Balaban J connectivity index is 0.000000160. The summed E-state index contributed by atoms with van der Waals surface area (Å²) in [6.45, 7) is 13.3. The third kappa shape index (κ3) is 9.86. The first kappa shape index (κ1) is 43.1. The van der Waals surface area contributed by atoms with Crippen LogP contribution in [0.2, 0.25) is 0 Å². The largest absolute Gasteiger partial charge is 0.491 e. The fraction of sp³-hybridized carbons (Fsp3) is 0.174. The van der Waals surface area contributed by atoms with Crippen LogP contribution in [0.15, 0.2) is 122 Å². The molecule has 0 fully saturated rings. The maximum Gasteiger partial charge on any atom is 0.491 e. The normalized spacial score (nSPS) is 11.5. The topological polar surface area (TPSA) is 66.2 Å². The van der Waals surface area contributed by atoms with Crippen LogP contribution in [0.4, 0.5) is 17.6 Å². The molecule has 0 aliphatic heterocycles. The Hall–Kier alpha value is -4.47. The van der Waals surface area contributed by atoms with Gasteiger partial charge in [-0.3, -0.25) is 9.97 Å². The molecule has 4 aromatic carbocycles. The highest BCUT2D eigenvalue weighted by Crippen LogP contribution is 2.39. The van der Waals surface area contributed by atoms with Crippen LogP contribution in [0.25, 0.3) is 53.1 Å². The second-order valence-electron chi connectivity index (χ2n) is 15.6. The maximum atomic E-state index is 14.2. The van der Waals surface area contributed by atoms with E-state index in [1.807, 2.05) is 29.7 Å². The zero-order chi connectivity index (χ0) is 41.9. The number of rotatable bonds is 4. The van der Waals surface area contributed by atoms with Gasteiger partial charge in [0.05, 0.1) is 14.3 Å². The lowest BCUT2D eigenvalue weighted by atomic mass is 9.80. The predicted octanol–water partition coefficient (Wildman–Crippen LogP) is 12.7. The first-order valence-corrected chi connectivity index (χ1v) is 21.0. The van der Waals surface area contributed by atoms with Crippen molar-refractivity contribution >= 4 is 78.0 Å². The van der Waals surface area contributed by atoms with Gasteiger partial charge in [0, 0.05) is 59.6 Å². The first-order valence-electron chi connectivity index (χ1n) is 18.3. The van der Waals surface area contributed by atoms with Gasteiger partial charge in [-0.05, 0) is 80.9 Å². The summed E-state index contributed by atoms with van der Waals surface area (Å²) in [5, 5.41) is 19.2. The van der Waals surface area contributed by atoms with Crippen molar-refractivity contribution in [3.05, 3.63) is 159 Å². The monoisotopic (exact) mass is 930 g/mol. The molecule has 0 aliphatic carbocycles. The van der Waals surface area contributed by atoms with E-state index < -0.39 is 35.9 Å². The second kappa shape index (κ2) is 17.8. The zero-order valence-electron chi connectivity index (χ0n) is 32.6. The molecule has 4 heterocycles. The summed E-state index contributed by atoms with van der Waals surface area (Å²) in [7, 11) is -1.97. The summed E-state index contributed by atoms with van der Waals surface area (Å²) in [6, 6.07) is 32.8. The number of benzene rings is 4. The number of pyridine rings is 2. The highest BCUT2D eigenvalue weighted by Gasteiger charge is 2.19. The maximum absolute atomic E-state index is 14.2. The molecule has 0 saturated heterocycles. The number of thiophene rings is 2. The summed E-state index contributed by atoms with van der Waals surface area (Å²) in [5.41, 5.74) is 6.86. The van der Waals surface area contributed by atoms with E-state index in [1.165, 1.54) is 53.1 Å². The minimum Gasteiger partial charge on any atom is -0.423 e. The van der Waals surface area contributed by atoms with E-state index in [0.29, 0.717) is 4.88 Å². The van der Waals surface area contributed by atoms with Crippen LogP contribution in [0.3, 0.4) is 0 Å². The Labute approximate surface area is 357 Å². The average Bonchev–Trinajstić information content (AvgIpc) is 3.80. The smallest absolute Gasteiger partial charge is 0.423 e.